The van der Waals surface area contributed by atoms with Gasteiger partial charge in [0.1, 0.15) is 5.82 Å². The Bertz CT molecular complexity index is 783. The molecule has 0 bridgehead atoms. The molecule has 0 aliphatic carbocycles. The minimum Gasteiger partial charge on any atom is -0.375 e. The molecule has 0 fully saturated rings. The van der Waals surface area contributed by atoms with Gasteiger partial charge < -0.3 is 4.74 Å². The highest BCUT2D eigenvalue weighted by atomic mass is 35.5. The van der Waals surface area contributed by atoms with Crippen LogP contribution in [0.4, 0.5) is 4.39 Å². The number of hydrogen-bond acceptors (Lipinski definition) is 3. The first kappa shape index (κ1) is 19.8. The monoisotopic (exact) mass is 386 g/mol. The highest BCUT2D eigenvalue weighted by molar-refractivity contribution is 7.87. The fraction of sp³-hybridized carbons (Fsp3) is 0.294. The average Bonchev–Trinajstić information content (AvgIpc) is 2.59. The predicted molar refractivity (Wildman–Crippen MR) is 96.0 cm³/mol. The zero-order chi connectivity index (χ0) is 18.4. The molecule has 1 N–H and O–H groups in total. The SMILES string of the molecule is COC(CNS(=O)(=O)N(C)Cc1c(F)cccc1Cl)c1ccccc1. The van der Waals surface area contributed by atoms with Gasteiger partial charge in [0.2, 0.25) is 0 Å². The summed E-state index contributed by atoms with van der Waals surface area (Å²) < 4.78 is 47.5. The van der Waals surface area contributed by atoms with Crippen LogP contribution in [0.2, 0.25) is 5.02 Å². The summed E-state index contributed by atoms with van der Waals surface area (Å²) in [6.45, 7) is -0.123. The van der Waals surface area contributed by atoms with E-state index in [2.05, 4.69) is 4.72 Å². The summed E-state index contributed by atoms with van der Waals surface area (Å²) in [7, 11) is -0.962. The van der Waals surface area contributed by atoms with Crippen LogP contribution in [0.1, 0.15) is 17.2 Å². The van der Waals surface area contributed by atoms with Crippen LogP contribution in [0.3, 0.4) is 0 Å². The molecule has 2 aromatic rings. The molecule has 5 nitrogen and oxygen atoms in total. The summed E-state index contributed by atoms with van der Waals surface area (Å²) in [4.78, 5) is 0. The van der Waals surface area contributed by atoms with Crippen molar-refractivity contribution in [2.45, 2.75) is 12.6 Å². The van der Waals surface area contributed by atoms with Crippen LogP contribution >= 0.6 is 11.6 Å². The zero-order valence-corrected chi connectivity index (χ0v) is 15.5. The van der Waals surface area contributed by atoms with Gasteiger partial charge in [0.05, 0.1) is 6.10 Å². The van der Waals surface area contributed by atoms with E-state index in [0.29, 0.717) is 0 Å². The molecule has 2 aromatic carbocycles. The van der Waals surface area contributed by atoms with Gasteiger partial charge in [-0.25, -0.2) is 4.39 Å². The Hall–Kier alpha value is -1.51. The van der Waals surface area contributed by atoms with E-state index in [1.54, 1.807) is 0 Å². The van der Waals surface area contributed by atoms with Gasteiger partial charge in [0, 0.05) is 37.8 Å². The van der Waals surface area contributed by atoms with Gasteiger partial charge in [-0.05, 0) is 17.7 Å². The topological polar surface area (TPSA) is 58.6 Å². The fourth-order valence-corrected chi connectivity index (χ4v) is 3.39. The molecule has 2 rings (SSSR count). The van der Waals surface area contributed by atoms with E-state index in [1.165, 1.54) is 32.4 Å². The summed E-state index contributed by atoms with van der Waals surface area (Å²) in [5.41, 5.74) is 0.982. The maximum atomic E-state index is 13.8. The Morgan fingerprint density at radius 1 is 1.20 bits per heavy atom. The average molecular weight is 387 g/mol. The maximum absolute atomic E-state index is 13.8. The number of nitrogens with zero attached hydrogens (tertiary/aromatic N) is 1. The minimum absolute atomic E-state index is 0.0538. The molecule has 136 valence electrons. The van der Waals surface area contributed by atoms with Gasteiger partial charge in [-0.1, -0.05) is 48.0 Å². The summed E-state index contributed by atoms with van der Waals surface area (Å²) in [5.74, 6) is -0.548. The lowest BCUT2D eigenvalue weighted by Gasteiger charge is -2.21. The van der Waals surface area contributed by atoms with E-state index in [-0.39, 0.29) is 23.7 Å². The number of methoxy groups -OCH3 is 1. The molecule has 0 saturated heterocycles. The van der Waals surface area contributed by atoms with Crippen molar-refractivity contribution < 1.29 is 17.5 Å². The molecule has 1 atom stereocenters. The normalized spacial score (nSPS) is 13.2. The largest absolute Gasteiger partial charge is 0.375 e. The predicted octanol–water partition coefficient (Wildman–Crippen LogP) is 3.13. The summed E-state index contributed by atoms with van der Waals surface area (Å²) in [5, 5.41) is 0.182. The van der Waals surface area contributed by atoms with Crippen LogP contribution in [-0.2, 0) is 21.5 Å². The third kappa shape index (κ3) is 5.23. The molecule has 0 heterocycles. The molecule has 0 amide bonds. The summed E-state index contributed by atoms with van der Waals surface area (Å²) >= 11 is 5.95. The van der Waals surface area contributed by atoms with Crippen LogP contribution in [-0.4, -0.2) is 33.4 Å². The van der Waals surface area contributed by atoms with E-state index in [1.807, 2.05) is 30.3 Å². The smallest absolute Gasteiger partial charge is 0.279 e. The molecule has 0 aliphatic rings. The molecule has 25 heavy (non-hydrogen) atoms. The summed E-state index contributed by atoms with van der Waals surface area (Å²) in [6.07, 6.45) is -0.429. The zero-order valence-electron chi connectivity index (χ0n) is 13.9. The lowest BCUT2D eigenvalue weighted by Crippen LogP contribution is -2.40. The van der Waals surface area contributed by atoms with Crippen LogP contribution in [0.5, 0.6) is 0 Å². The Morgan fingerprint density at radius 2 is 1.88 bits per heavy atom. The van der Waals surface area contributed by atoms with Crippen LogP contribution in [0, 0.1) is 5.82 Å². The van der Waals surface area contributed by atoms with Crippen molar-refractivity contribution in [3.05, 3.63) is 70.5 Å². The van der Waals surface area contributed by atoms with Gasteiger partial charge in [-0.15, -0.1) is 0 Å². The number of ether oxygens (including phenoxy) is 1. The third-order valence-corrected chi connectivity index (χ3v) is 5.60. The van der Waals surface area contributed by atoms with Crippen LogP contribution in [0.15, 0.2) is 48.5 Å². The second-order valence-electron chi connectivity index (χ2n) is 5.44. The molecule has 8 heteroatoms. The van der Waals surface area contributed by atoms with E-state index < -0.39 is 22.1 Å². The molecule has 1 unspecified atom stereocenters. The highest BCUT2D eigenvalue weighted by Crippen LogP contribution is 2.21. The van der Waals surface area contributed by atoms with E-state index >= 15 is 0 Å². The molecule has 0 radical (unpaired) electrons. The van der Waals surface area contributed by atoms with Crippen molar-refractivity contribution >= 4 is 21.8 Å². The lowest BCUT2D eigenvalue weighted by molar-refractivity contribution is 0.107. The maximum Gasteiger partial charge on any atom is 0.279 e. The standard InChI is InChI=1S/C17H20ClFN2O3S/c1-21(12-14-15(18)9-6-10-16(14)19)25(22,23)20-11-17(24-2)13-7-4-3-5-8-13/h3-10,17,20H,11-12H2,1-2H3. The molecular formula is C17H20ClFN2O3S. The van der Waals surface area contributed by atoms with Crippen molar-refractivity contribution in [2.24, 2.45) is 0 Å². The van der Waals surface area contributed by atoms with E-state index in [4.69, 9.17) is 16.3 Å². The van der Waals surface area contributed by atoms with Crippen molar-refractivity contribution in [3.63, 3.8) is 0 Å². The van der Waals surface area contributed by atoms with Crippen LogP contribution in [0.25, 0.3) is 0 Å². The lowest BCUT2D eigenvalue weighted by atomic mass is 10.1. The Morgan fingerprint density at radius 3 is 2.48 bits per heavy atom. The van der Waals surface area contributed by atoms with Gasteiger partial charge >= 0.3 is 0 Å². The number of hydrogen-bond donors (Lipinski definition) is 1. The number of benzene rings is 2. The van der Waals surface area contributed by atoms with Gasteiger partial charge in [-0.2, -0.15) is 17.4 Å². The highest BCUT2D eigenvalue weighted by Gasteiger charge is 2.22. The van der Waals surface area contributed by atoms with Crippen LogP contribution < -0.4 is 4.72 Å². The van der Waals surface area contributed by atoms with Crippen molar-refractivity contribution in [2.75, 3.05) is 20.7 Å². The van der Waals surface area contributed by atoms with Gasteiger partial charge in [-0.3, -0.25) is 0 Å². The molecule has 0 saturated carbocycles. The van der Waals surface area contributed by atoms with Crippen molar-refractivity contribution in [1.29, 1.82) is 0 Å². The quantitative estimate of drug-likeness (QED) is 0.758. The third-order valence-electron chi connectivity index (χ3n) is 3.76. The second-order valence-corrected chi connectivity index (χ2v) is 7.71. The Kier molecular flexibility index (Phi) is 6.92. The molecule has 0 spiro atoms. The number of halogens is 2. The first-order valence-electron chi connectivity index (χ1n) is 7.56. The van der Waals surface area contributed by atoms with E-state index in [9.17, 15) is 12.8 Å². The van der Waals surface area contributed by atoms with Gasteiger partial charge in [0.25, 0.3) is 10.2 Å². The Labute approximate surface area is 152 Å². The summed E-state index contributed by atoms with van der Waals surface area (Å²) in [6, 6.07) is 13.5. The minimum atomic E-state index is -3.83. The Balaban J connectivity index is 2.05. The number of nitrogens with one attached hydrogen (secondary N) is 1. The molecule has 0 aromatic heterocycles. The first-order chi connectivity index (χ1) is 11.8. The first-order valence-corrected chi connectivity index (χ1v) is 9.38. The molecule has 0 aliphatic heterocycles. The van der Waals surface area contributed by atoms with Crippen molar-refractivity contribution in [3.8, 4) is 0 Å². The fourth-order valence-electron chi connectivity index (χ4n) is 2.29. The van der Waals surface area contributed by atoms with Crippen molar-refractivity contribution in [1.82, 2.24) is 9.03 Å². The number of rotatable bonds is 8. The molecular weight excluding hydrogens is 367 g/mol. The second kappa shape index (κ2) is 8.73. The van der Waals surface area contributed by atoms with Gasteiger partial charge in [0.15, 0.2) is 0 Å². The van der Waals surface area contributed by atoms with E-state index in [0.717, 1.165) is 9.87 Å².